The largest absolute Gasteiger partial charge is 0.454 e. The van der Waals surface area contributed by atoms with Gasteiger partial charge in [0.05, 0.1) is 12.6 Å². The number of nitrogens with zero attached hydrogens (tertiary/aromatic N) is 4. The van der Waals surface area contributed by atoms with E-state index in [2.05, 4.69) is 31.3 Å². The molecule has 0 aliphatic carbocycles. The van der Waals surface area contributed by atoms with Gasteiger partial charge in [-0.1, -0.05) is 0 Å². The Labute approximate surface area is 111 Å². The average Bonchev–Trinajstić information content (AvgIpc) is 2.75. The lowest BCUT2D eigenvalue weighted by Gasteiger charge is -2.05. The summed E-state index contributed by atoms with van der Waals surface area (Å²) < 4.78 is 5.68. The number of ether oxygens (including phenoxy) is 1. The molecule has 0 saturated heterocycles. The number of nitrogens with two attached hydrogens (primary N) is 1. The minimum Gasteiger partial charge on any atom is -0.454 e. The standard InChI is InChI=1S/C10H10BrN5O2/c1-16-14-9(13-15-16)5-18-10(17)7-4-6(12)2-3-8(7)11/h2-4H,5,12H2,1H3. The molecule has 0 aliphatic heterocycles. The molecule has 0 atom stereocenters. The molecule has 2 N–H and O–H groups in total. The lowest BCUT2D eigenvalue weighted by molar-refractivity contribution is 0.0461. The van der Waals surface area contributed by atoms with Crippen molar-refractivity contribution in [2.24, 2.45) is 7.05 Å². The van der Waals surface area contributed by atoms with E-state index in [1.54, 1.807) is 19.2 Å². The second-order valence-electron chi connectivity index (χ2n) is 3.51. The van der Waals surface area contributed by atoms with Crippen LogP contribution in [0.3, 0.4) is 0 Å². The van der Waals surface area contributed by atoms with Crippen LogP contribution in [-0.2, 0) is 18.4 Å². The van der Waals surface area contributed by atoms with E-state index in [4.69, 9.17) is 10.5 Å². The van der Waals surface area contributed by atoms with E-state index in [0.29, 0.717) is 21.5 Å². The van der Waals surface area contributed by atoms with E-state index >= 15 is 0 Å². The van der Waals surface area contributed by atoms with Crippen LogP contribution in [0.5, 0.6) is 0 Å². The summed E-state index contributed by atoms with van der Waals surface area (Å²) in [6, 6.07) is 4.91. The van der Waals surface area contributed by atoms with E-state index in [0.717, 1.165) is 0 Å². The second kappa shape index (κ2) is 5.13. The molecule has 0 radical (unpaired) electrons. The van der Waals surface area contributed by atoms with Crippen molar-refractivity contribution < 1.29 is 9.53 Å². The third-order valence-corrected chi connectivity index (χ3v) is 2.78. The number of nitrogen functional groups attached to an aromatic ring is 1. The van der Waals surface area contributed by atoms with Crippen molar-refractivity contribution >= 4 is 27.6 Å². The Bertz CT molecular complexity index is 583. The van der Waals surface area contributed by atoms with Crippen LogP contribution in [0.25, 0.3) is 0 Å². The highest BCUT2D eigenvalue weighted by atomic mass is 79.9. The van der Waals surface area contributed by atoms with Gasteiger partial charge in [-0.3, -0.25) is 0 Å². The third kappa shape index (κ3) is 2.83. The summed E-state index contributed by atoms with van der Waals surface area (Å²) >= 11 is 3.26. The molecule has 7 nitrogen and oxygen atoms in total. The highest BCUT2D eigenvalue weighted by molar-refractivity contribution is 9.10. The summed E-state index contributed by atoms with van der Waals surface area (Å²) in [5, 5.41) is 11.2. The zero-order chi connectivity index (χ0) is 13.1. The van der Waals surface area contributed by atoms with Crippen molar-refractivity contribution in [1.29, 1.82) is 0 Å². The normalized spacial score (nSPS) is 10.3. The zero-order valence-electron chi connectivity index (χ0n) is 9.50. The second-order valence-corrected chi connectivity index (χ2v) is 4.36. The number of esters is 1. The molecule has 1 aromatic carbocycles. The van der Waals surface area contributed by atoms with Gasteiger partial charge in [-0.05, 0) is 39.3 Å². The zero-order valence-corrected chi connectivity index (χ0v) is 11.1. The fourth-order valence-corrected chi connectivity index (χ4v) is 1.70. The lowest BCUT2D eigenvalue weighted by atomic mass is 10.2. The summed E-state index contributed by atoms with van der Waals surface area (Å²) in [5.41, 5.74) is 6.46. The van der Waals surface area contributed by atoms with Crippen molar-refractivity contribution in [3.8, 4) is 0 Å². The first-order valence-electron chi connectivity index (χ1n) is 5.01. The predicted octanol–water partition coefficient (Wildman–Crippen LogP) is 0.912. The van der Waals surface area contributed by atoms with Crippen LogP contribution in [0.15, 0.2) is 22.7 Å². The van der Waals surface area contributed by atoms with Crippen LogP contribution in [0, 0.1) is 0 Å². The molecule has 2 aromatic rings. The van der Waals surface area contributed by atoms with Gasteiger partial charge in [0.2, 0.25) is 5.82 Å². The fourth-order valence-electron chi connectivity index (χ4n) is 1.29. The van der Waals surface area contributed by atoms with Crippen molar-refractivity contribution in [1.82, 2.24) is 20.2 Å². The average molecular weight is 312 g/mol. The van der Waals surface area contributed by atoms with E-state index in [-0.39, 0.29) is 6.61 Å². The Kier molecular flexibility index (Phi) is 3.56. The summed E-state index contributed by atoms with van der Waals surface area (Å²) in [7, 11) is 1.63. The van der Waals surface area contributed by atoms with Crippen LogP contribution in [0.1, 0.15) is 16.2 Å². The number of hydrogen-bond acceptors (Lipinski definition) is 6. The number of tetrazole rings is 1. The minimum absolute atomic E-state index is 0.0338. The predicted molar refractivity (Wildman–Crippen MR) is 66.5 cm³/mol. The molecule has 2 rings (SSSR count). The van der Waals surface area contributed by atoms with Crippen molar-refractivity contribution in [3.05, 3.63) is 34.1 Å². The van der Waals surface area contributed by atoms with E-state index in [1.807, 2.05) is 0 Å². The number of hydrogen-bond donors (Lipinski definition) is 1. The number of aryl methyl sites for hydroxylation is 1. The number of rotatable bonds is 3. The van der Waals surface area contributed by atoms with Gasteiger partial charge in [-0.2, -0.15) is 4.80 Å². The summed E-state index contributed by atoms with van der Waals surface area (Å²) in [6.07, 6.45) is 0. The Morgan fingerprint density at radius 1 is 1.56 bits per heavy atom. The van der Waals surface area contributed by atoms with Crippen molar-refractivity contribution in [2.45, 2.75) is 6.61 Å². The van der Waals surface area contributed by atoms with Crippen LogP contribution in [0.2, 0.25) is 0 Å². The molecule has 8 heteroatoms. The summed E-state index contributed by atoms with van der Waals surface area (Å²) in [4.78, 5) is 13.1. The van der Waals surface area contributed by atoms with Gasteiger partial charge in [0.25, 0.3) is 0 Å². The van der Waals surface area contributed by atoms with Crippen molar-refractivity contribution in [3.63, 3.8) is 0 Å². The molecule has 0 spiro atoms. The minimum atomic E-state index is -0.498. The van der Waals surface area contributed by atoms with Crippen LogP contribution < -0.4 is 5.73 Å². The van der Waals surface area contributed by atoms with Gasteiger partial charge >= 0.3 is 5.97 Å². The number of anilines is 1. The molecule has 0 saturated carbocycles. The van der Waals surface area contributed by atoms with E-state index < -0.39 is 5.97 Å². The van der Waals surface area contributed by atoms with Crippen LogP contribution in [-0.4, -0.2) is 26.2 Å². The molecule has 0 bridgehead atoms. The number of carbonyl (C=O) groups excluding carboxylic acids is 1. The molecule has 0 unspecified atom stereocenters. The quantitative estimate of drug-likeness (QED) is 0.668. The first-order chi connectivity index (χ1) is 8.56. The SMILES string of the molecule is Cn1nnc(COC(=O)c2cc(N)ccc2Br)n1. The van der Waals surface area contributed by atoms with E-state index in [9.17, 15) is 4.79 Å². The maximum absolute atomic E-state index is 11.8. The van der Waals surface area contributed by atoms with Gasteiger partial charge in [0.1, 0.15) is 0 Å². The van der Waals surface area contributed by atoms with Gasteiger partial charge in [0.15, 0.2) is 6.61 Å². The van der Waals surface area contributed by atoms with E-state index in [1.165, 1.54) is 10.9 Å². The Balaban J connectivity index is 2.05. The topological polar surface area (TPSA) is 95.9 Å². The molecule has 1 heterocycles. The molecule has 0 amide bonds. The first kappa shape index (κ1) is 12.5. The number of carbonyl (C=O) groups is 1. The maximum Gasteiger partial charge on any atom is 0.339 e. The molecular weight excluding hydrogens is 302 g/mol. The molecule has 0 aliphatic rings. The van der Waals surface area contributed by atoms with Gasteiger partial charge in [0, 0.05) is 10.2 Å². The third-order valence-electron chi connectivity index (χ3n) is 2.09. The highest BCUT2D eigenvalue weighted by Crippen LogP contribution is 2.20. The number of halogens is 1. The number of benzene rings is 1. The highest BCUT2D eigenvalue weighted by Gasteiger charge is 2.13. The molecule has 94 valence electrons. The van der Waals surface area contributed by atoms with Crippen LogP contribution >= 0.6 is 15.9 Å². The smallest absolute Gasteiger partial charge is 0.339 e. The Morgan fingerprint density at radius 2 is 2.33 bits per heavy atom. The first-order valence-corrected chi connectivity index (χ1v) is 5.80. The molecule has 1 aromatic heterocycles. The monoisotopic (exact) mass is 311 g/mol. The molecular formula is C10H10BrN5O2. The van der Waals surface area contributed by atoms with Crippen molar-refractivity contribution in [2.75, 3.05) is 5.73 Å². The lowest BCUT2D eigenvalue weighted by Crippen LogP contribution is -2.08. The molecule has 18 heavy (non-hydrogen) atoms. The van der Waals surface area contributed by atoms with Gasteiger partial charge in [-0.25, -0.2) is 4.79 Å². The molecule has 0 fully saturated rings. The number of aromatic nitrogens is 4. The maximum atomic E-state index is 11.8. The van der Waals surface area contributed by atoms with Crippen LogP contribution in [0.4, 0.5) is 5.69 Å². The summed E-state index contributed by atoms with van der Waals surface area (Å²) in [6.45, 7) is -0.0338. The Hall–Kier alpha value is -1.96. The van der Waals surface area contributed by atoms with Gasteiger partial charge in [-0.15, -0.1) is 10.2 Å². The van der Waals surface area contributed by atoms with Gasteiger partial charge < -0.3 is 10.5 Å². The Morgan fingerprint density at radius 3 is 3.00 bits per heavy atom. The summed E-state index contributed by atoms with van der Waals surface area (Å²) in [5.74, 6) is -0.160. The fraction of sp³-hybridized carbons (Fsp3) is 0.200.